The van der Waals surface area contributed by atoms with Crippen molar-refractivity contribution < 1.29 is 9.90 Å². The van der Waals surface area contributed by atoms with Gasteiger partial charge in [-0.2, -0.15) is 5.10 Å². The van der Waals surface area contributed by atoms with Gasteiger partial charge in [0.25, 0.3) is 11.5 Å². The molecule has 1 aliphatic rings. The van der Waals surface area contributed by atoms with Crippen LogP contribution in [0.3, 0.4) is 0 Å². The van der Waals surface area contributed by atoms with Crippen LogP contribution < -0.4 is 10.6 Å². The molecule has 7 nitrogen and oxygen atoms in total. The lowest BCUT2D eigenvalue weighted by Gasteiger charge is -2.23. The number of carbonyl (C=O) groups excluding carboxylic acids is 1. The molecule has 182 valence electrons. The van der Waals surface area contributed by atoms with Gasteiger partial charge in [-0.15, -0.1) is 0 Å². The summed E-state index contributed by atoms with van der Waals surface area (Å²) < 4.78 is 1.43. The van der Waals surface area contributed by atoms with Crippen molar-refractivity contribution in [2.45, 2.75) is 19.8 Å². The van der Waals surface area contributed by atoms with E-state index in [1.165, 1.54) is 9.69 Å². The van der Waals surface area contributed by atoms with E-state index < -0.39 is 11.8 Å². The molecule has 0 unspecified atom stereocenters. The molecular formula is C27H22Cl2N4O3. The van der Waals surface area contributed by atoms with E-state index in [-0.39, 0.29) is 17.2 Å². The van der Waals surface area contributed by atoms with E-state index in [1.807, 2.05) is 0 Å². The predicted octanol–water partition coefficient (Wildman–Crippen LogP) is 5.66. The van der Waals surface area contributed by atoms with Crippen molar-refractivity contribution >= 4 is 40.5 Å². The molecule has 1 aromatic heterocycles. The monoisotopic (exact) mass is 520 g/mol. The zero-order valence-corrected chi connectivity index (χ0v) is 21.0. The molecule has 0 spiro atoms. The van der Waals surface area contributed by atoms with Crippen LogP contribution in [-0.2, 0) is 4.79 Å². The first-order chi connectivity index (χ1) is 17.2. The smallest absolute Gasteiger partial charge is 0.275 e. The molecule has 0 aliphatic carbocycles. The van der Waals surface area contributed by atoms with Crippen LogP contribution in [-0.4, -0.2) is 26.5 Å². The van der Waals surface area contributed by atoms with E-state index >= 15 is 0 Å². The first-order valence-electron chi connectivity index (χ1n) is 11.3. The standard InChI is InChI=1S/C27H22Cl2N4O3/c1-15-23(26(35)32(30-15)20-10-6-18(28)7-11-20)25(17-4-3-5-22(34)14-17)24-16(2)31-33(27(24)36)21-12-8-19(29)9-13-21/h3-14,23,25,31,34H,1-2H3/t23-,25+/m1/s1. The van der Waals surface area contributed by atoms with E-state index in [1.54, 1.807) is 86.6 Å². The van der Waals surface area contributed by atoms with Crippen LogP contribution in [0.2, 0.25) is 10.0 Å². The molecule has 36 heavy (non-hydrogen) atoms. The van der Waals surface area contributed by atoms with Gasteiger partial charge in [-0.05, 0) is 80.1 Å². The maximum absolute atomic E-state index is 13.8. The molecule has 9 heteroatoms. The third-order valence-electron chi connectivity index (χ3n) is 6.33. The lowest BCUT2D eigenvalue weighted by Crippen LogP contribution is -2.34. The fourth-order valence-electron chi connectivity index (χ4n) is 4.67. The Kier molecular flexibility index (Phi) is 6.20. The van der Waals surface area contributed by atoms with Crippen LogP contribution in [0.1, 0.15) is 29.7 Å². The molecule has 0 radical (unpaired) electrons. The Hall–Kier alpha value is -3.81. The highest BCUT2D eigenvalue weighted by Crippen LogP contribution is 2.39. The SMILES string of the molecule is CC1=NN(c2ccc(Cl)cc2)C(=O)[C@H]1[C@H](c1cccc(O)c1)c1c(C)[nH]n(-c2ccc(Cl)cc2)c1=O. The Morgan fingerprint density at radius 1 is 0.917 bits per heavy atom. The number of phenolic OH excluding ortho intramolecular Hbond substituents is 1. The van der Waals surface area contributed by atoms with Crippen molar-refractivity contribution in [1.29, 1.82) is 0 Å². The van der Waals surface area contributed by atoms with Gasteiger partial charge in [0, 0.05) is 32.9 Å². The third-order valence-corrected chi connectivity index (χ3v) is 6.83. The summed E-state index contributed by atoms with van der Waals surface area (Å²) in [7, 11) is 0. The Morgan fingerprint density at radius 2 is 1.53 bits per heavy atom. The molecule has 3 aromatic carbocycles. The number of carbonyl (C=O) groups is 1. The molecule has 0 saturated heterocycles. The molecule has 0 fully saturated rings. The second-order valence-corrected chi connectivity index (χ2v) is 9.56. The highest BCUT2D eigenvalue weighted by atomic mass is 35.5. The lowest BCUT2D eigenvalue weighted by molar-refractivity contribution is -0.120. The minimum Gasteiger partial charge on any atom is -0.508 e. The number of aromatic amines is 1. The maximum atomic E-state index is 13.8. The van der Waals surface area contributed by atoms with Gasteiger partial charge >= 0.3 is 0 Å². The predicted molar refractivity (Wildman–Crippen MR) is 142 cm³/mol. The van der Waals surface area contributed by atoms with Crippen LogP contribution in [0.4, 0.5) is 5.69 Å². The van der Waals surface area contributed by atoms with Crippen molar-refractivity contribution in [2.75, 3.05) is 5.01 Å². The Labute approximate surface area is 217 Å². The number of benzene rings is 3. The minimum absolute atomic E-state index is 0.0401. The van der Waals surface area contributed by atoms with Crippen molar-refractivity contribution in [1.82, 2.24) is 9.78 Å². The fraction of sp³-hybridized carbons (Fsp3) is 0.148. The molecule has 2 N–H and O–H groups in total. The number of nitrogens with zero attached hydrogens (tertiary/aromatic N) is 3. The van der Waals surface area contributed by atoms with Crippen LogP contribution >= 0.6 is 23.2 Å². The summed E-state index contributed by atoms with van der Waals surface area (Å²) in [6.07, 6.45) is 0. The normalized spacial score (nSPS) is 16.3. The number of phenols is 1. The first-order valence-corrected chi connectivity index (χ1v) is 12.0. The molecule has 0 saturated carbocycles. The maximum Gasteiger partial charge on any atom is 0.275 e. The number of nitrogens with one attached hydrogen (secondary N) is 1. The Bertz CT molecular complexity index is 1540. The molecular weight excluding hydrogens is 499 g/mol. The number of aryl methyl sites for hydroxylation is 1. The summed E-state index contributed by atoms with van der Waals surface area (Å²) in [6.45, 7) is 3.57. The van der Waals surface area contributed by atoms with Crippen molar-refractivity contribution in [3.05, 3.63) is 110 Å². The topological polar surface area (TPSA) is 90.7 Å². The van der Waals surface area contributed by atoms with Crippen LogP contribution in [0.5, 0.6) is 5.75 Å². The van der Waals surface area contributed by atoms with Gasteiger partial charge in [-0.25, -0.2) is 9.69 Å². The van der Waals surface area contributed by atoms with Gasteiger partial charge in [0.15, 0.2) is 0 Å². The number of aromatic hydroxyl groups is 1. The van der Waals surface area contributed by atoms with Gasteiger partial charge in [-0.3, -0.25) is 14.7 Å². The van der Waals surface area contributed by atoms with Gasteiger partial charge in [0.1, 0.15) is 5.75 Å². The van der Waals surface area contributed by atoms with Crippen molar-refractivity contribution in [2.24, 2.45) is 11.0 Å². The summed E-state index contributed by atoms with van der Waals surface area (Å²) in [5.41, 5.74) is 3.10. The summed E-state index contributed by atoms with van der Waals surface area (Å²) in [5, 5.41) is 20.4. The molecule has 1 aliphatic heterocycles. The first kappa shape index (κ1) is 23.9. The van der Waals surface area contributed by atoms with E-state index in [0.717, 1.165) is 0 Å². The highest BCUT2D eigenvalue weighted by molar-refractivity contribution is 6.31. The molecule has 2 heterocycles. The lowest BCUT2D eigenvalue weighted by atomic mass is 9.78. The Morgan fingerprint density at radius 3 is 2.14 bits per heavy atom. The average Bonchev–Trinajstić information content (AvgIpc) is 3.31. The number of hydrogen-bond acceptors (Lipinski definition) is 4. The van der Waals surface area contributed by atoms with Crippen molar-refractivity contribution in [3.8, 4) is 11.4 Å². The molecule has 5 rings (SSSR count). The number of H-pyrrole nitrogens is 1. The fourth-order valence-corrected chi connectivity index (χ4v) is 4.92. The number of hydrogen-bond donors (Lipinski definition) is 2. The summed E-state index contributed by atoms with van der Waals surface area (Å²) >= 11 is 12.1. The number of rotatable bonds is 5. The number of halogens is 2. The third kappa shape index (κ3) is 4.21. The second-order valence-electron chi connectivity index (χ2n) is 8.69. The van der Waals surface area contributed by atoms with Crippen LogP contribution in [0.15, 0.2) is 82.7 Å². The van der Waals surface area contributed by atoms with E-state index in [4.69, 9.17) is 23.2 Å². The number of amides is 1. The molecule has 4 aromatic rings. The quantitative estimate of drug-likeness (QED) is 0.355. The van der Waals surface area contributed by atoms with Crippen LogP contribution in [0, 0.1) is 12.8 Å². The largest absolute Gasteiger partial charge is 0.508 e. The number of aromatic nitrogens is 2. The van der Waals surface area contributed by atoms with Crippen molar-refractivity contribution in [3.63, 3.8) is 0 Å². The van der Waals surface area contributed by atoms with Gasteiger partial charge < -0.3 is 5.11 Å². The molecule has 0 bridgehead atoms. The summed E-state index contributed by atoms with van der Waals surface area (Å²) in [6, 6.07) is 20.3. The highest BCUT2D eigenvalue weighted by Gasteiger charge is 2.43. The summed E-state index contributed by atoms with van der Waals surface area (Å²) in [5.74, 6) is -1.69. The average molecular weight is 521 g/mol. The Balaban J connectivity index is 1.65. The molecule has 1 amide bonds. The van der Waals surface area contributed by atoms with E-state index in [0.29, 0.717) is 44.0 Å². The van der Waals surface area contributed by atoms with Gasteiger partial charge in [-0.1, -0.05) is 35.3 Å². The molecule has 2 atom stereocenters. The second kappa shape index (κ2) is 9.33. The zero-order chi connectivity index (χ0) is 25.6. The van der Waals surface area contributed by atoms with E-state index in [2.05, 4.69) is 10.2 Å². The summed E-state index contributed by atoms with van der Waals surface area (Å²) in [4.78, 5) is 27.6. The van der Waals surface area contributed by atoms with Gasteiger partial charge in [0.05, 0.1) is 17.3 Å². The number of anilines is 1. The minimum atomic E-state index is -0.761. The van der Waals surface area contributed by atoms with Crippen LogP contribution in [0.25, 0.3) is 5.69 Å². The van der Waals surface area contributed by atoms with Gasteiger partial charge in [0.2, 0.25) is 0 Å². The van der Waals surface area contributed by atoms with E-state index in [9.17, 15) is 14.7 Å². The zero-order valence-electron chi connectivity index (χ0n) is 19.4. The number of hydrazone groups is 1.